The lowest BCUT2D eigenvalue weighted by Crippen LogP contribution is -2.31. The summed E-state index contributed by atoms with van der Waals surface area (Å²) in [6, 6.07) is 0.614. The smallest absolute Gasteiger partial charge is 0.0635 e. The number of aromatic nitrogens is 2. The normalized spacial score (nSPS) is 23.3. The second-order valence-electron chi connectivity index (χ2n) is 4.93. The van der Waals surface area contributed by atoms with Crippen LogP contribution in [0.5, 0.6) is 0 Å². The highest BCUT2D eigenvalue weighted by atomic mass is 79.9. The first-order chi connectivity index (χ1) is 7.86. The molecular formula is C12H18BrN3. The Hall–Kier alpha value is -0.350. The van der Waals surface area contributed by atoms with Crippen molar-refractivity contribution in [3.63, 3.8) is 0 Å². The van der Waals surface area contributed by atoms with E-state index in [0.717, 1.165) is 19.0 Å². The van der Waals surface area contributed by atoms with Crippen LogP contribution in [-0.2, 0) is 0 Å². The standard InChI is InChI=1S/C12H18BrN3/c13-11-8-15-16(10-4-6-14-7-5-10)12(11)9-2-1-3-9/h8-10,14H,1-7H2. The van der Waals surface area contributed by atoms with Crippen molar-refractivity contribution in [2.45, 2.75) is 44.1 Å². The van der Waals surface area contributed by atoms with Gasteiger partial charge < -0.3 is 5.32 Å². The molecule has 0 aromatic carbocycles. The van der Waals surface area contributed by atoms with E-state index in [-0.39, 0.29) is 0 Å². The van der Waals surface area contributed by atoms with Gasteiger partial charge in [0, 0.05) is 5.92 Å². The molecule has 3 nitrogen and oxygen atoms in total. The minimum Gasteiger partial charge on any atom is -0.317 e. The molecule has 1 N–H and O–H groups in total. The van der Waals surface area contributed by atoms with Gasteiger partial charge in [-0.3, -0.25) is 4.68 Å². The average Bonchev–Trinajstić information content (AvgIpc) is 2.60. The molecular weight excluding hydrogens is 266 g/mol. The molecule has 1 aliphatic heterocycles. The van der Waals surface area contributed by atoms with Crippen LogP contribution >= 0.6 is 15.9 Å². The van der Waals surface area contributed by atoms with E-state index in [0.29, 0.717) is 6.04 Å². The third-order valence-electron chi connectivity index (χ3n) is 3.93. The first-order valence-corrected chi connectivity index (χ1v) is 7.09. The number of rotatable bonds is 2. The summed E-state index contributed by atoms with van der Waals surface area (Å²) in [6.07, 6.45) is 8.48. The lowest BCUT2D eigenvalue weighted by atomic mass is 9.82. The fourth-order valence-corrected chi connectivity index (χ4v) is 3.35. The fourth-order valence-electron chi connectivity index (χ4n) is 2.76. The predicted molar refractivity (Wildman–Crippen MR) is 67.7 cm³/mol. The molecule has 0 radical (unpaired) electrons. The highest BCUT2D eigenvalue weighted by Gasteiger charge is 2.28. The third-order valence-corrected chi connectivity index (χ3v) is 4.54. The Balaban J connectivity index is 1.87. The van der Waals surface area contributed by atoms with Gasteiger partial charge in [0.25, 0.3) is 0 Å². The van der Waals surface area contributed by atoms with Crippen LogP contribution in [0.25, 0.3) is 0 Å². The van der Waals surface area contributed by atoms with Gasteiger partial charge in [0.2, 0.25) is 0 Å². The largest absolute Gasteiger partial charge is 0.317 e. The SMILES string of the molecule is Brc1cnn(C2CCNCC2)c1C1CCC1. The van der Waals surface area contributed by atoms with Crippen molar-refractivity contribution in [2.75, 3.05) is 13.1 Å². The van der Waals surface area contributed by atoms with Crippen LogP contribution in [0.2, 0.25) is 0 Å². The molecule has 0 spiro atoms. The molecule has 2 heterocycles. The van der Waals surface area contributed by atoms with E-state index < -0.39 is 0 Å². The zero-order valence-electron chi connectivity index (χ0n) is 9.45. The van der Waals surface area contributed by atoms with Crippen molar-refractivity contribution < 1.29 is 0 Å². The Labute approximate surface area is 105 Å². The summed E-state index contributed by atoms with van der Waals surface area (Å²) in [4.78, 5) is 0. The van der Waals surface area contributed by atoms with E-state index in [1.807, 2.05) is 6.20 Å². The zero-order chi connectivity index (χ0) is 11.0. The molecule has 0 bridgehead atoms. The van der Waals surface area contributed by atoms with E-state index in [1.165, 1.54) is 42.3 Å². The van der Waals surface area contributed by atoms with Gasteiger partial charge in [-0.1, -0.05) is 6.42 Å². The van der Waals surface area contributed by atoms with Gasteiger partial charge in [-0.05, 0) is 54.7 Å². The summed E-state index contributed by atoms with van der Waals surface area (Å²) >= 11 is 3.66. The van der Waals surface area contributed by atoms with Gasteiger partial charge in [-0.2, -0.15) is 5.10 Å². The van der Waals surface area contributed by atoms with Gasteiger partial charge >= 0.3 is 0 Å². The van der Waals surface area contributed by atoms with Crippen molar-refractivity contribution in [3.05, 3.63) is 16.4 Å². The van der Waals surface area contributed by atoms with Gasteiger partial charge in [-0.25, -0.2) is 0 Å². The number of hydrogen-bond donors (Lipinski definition) is 1. The van der Waals surface area contributed by atoms with Crippen molar-refractivity contribution >= 4 is 15.9 Å². The van der Waals surface area contributed by atoms with Crippen LogP contribution in [0.15, 0.2) is 10.7 Å². The monoisotopic (exact) mass is 283 g/mol. The van der Waals surface area contributed by atoms with Crippen molar-refractivity contribution in [1.82, 2.24) is 15.1 Å². The minimum atomic E-state index is 0.614. The van der Waals surface area contributed by atoms with Crippen LogP contribution in [0.1, 0.15) is 49.8 Å². The molecule has 16 heavy (non-hydrogen) atoms. The van der Waals surface area contributed by atoms with E-state index >= 15 is 0 Å². The molecule has 4 heteroatoms. The predicted octanol–water partition coefficient (Wildman–Crippen LogP) is 2.84. The summed E-state index contributed by atoms with van der Waals surface area (Å²) in [5, 5.41) is 8.00. The number of hydrogen-bond acceptors (Lipinski definition) is 2. The van der Waals surface area contributed by atoms with E-state index in [9.17, 15) is 0 Å². The molecule has 88 valence electrons. The summed E-state index contributed by atoms with van der Waals surface area (Å²) in [5.41, 5.74) is 1.46. The van der Waals surface area contributed by atoms with Gasteiger partial charge in [0.1, 0.15) is 0 Å². The Morgan fingerprint density at radius 3 is 2.62 bits per heavy atom. The second kappa shape index (κ2) is 4.49. The number of nitrogens with zero attached hydrogens (tertiary/aromatic N) is 2. The molecule has 1 saturated carbocycles. The Kier molecular flexibility index (Phi) is 3.03. The Morgan fingerprint density at radius 2 is 2.00 bits per heavy atom. The number of nitrogens with one attached hydrogen (secondary N) is 1. The topological polar surface area (TPSA) is 29.9 Å². The summed E-state index contributed by atoms with van der Waals surface area (Å²) in [5.74, 6) is 0.756. The third kappa shape index (κ3) is 1.82. The molecule has 2 aliphatic rings. The maximum Gasteiger partial charge on any atom is 0.0635 e. The molecule has 3 rings (SSSR count). The molecule has 1 aromatic rings. The van der Waals surface area contributed by atoms with E-state index in [2.05, 4.69) is 31.0 Å². The summed E-state index contributed by atoms with van der Waals surface area (Å²) < 4.78 is 3.52. The van der Waals surface area contributed by atoms with Crippen molar-refractivity contribution in [2.24, 2.45) is 0 Å². The molecule has 0 unspecified atom stereocenters. The fraction of sp³-hybridized carbons (Fsp3) is 0.750. The first kappa shape index (κ1) is 10.8. The Morgan fingerprint density at radius 1 is 1.25 bits per heavy atom. The second-order valence-corrected chi connectivity index (χ2v) is 5.79. The lowest BCUT2D eigenvalue weighted by Gasteiger charge is -2.31. The van der Waals surface area contributed by atoms with Gasteiger partial charge in [0.05, 0.1) is 22.4 Å². The van der Waals surface area contributed by atoms with Gasteiger partial charge in [0.15, 0.2) is 0 Å². The summed E-state index contributed by atoms with van der Waals surface area (Å²) in [7, 11) is 0. The highest BCUT2D eigenvalue weighted by molar-refractivity contribution is 9.10. The van der Waals surface area contributed by atoms with Crippen molar-refractivity contribution in [1.29, 1.82) is 0 Å². The van der Waals surface area contributed by atoms with Crippen LogP contribution in [0.3, 0.4) is 0 Å². The zero-order valence-corrected chi connectivity index (χ0v) is 11.0. The van der Waals surface area contributed by atoms with Gasteiger partial charge in [-0.15, -0.1) is 0 Å². The van der Waals surface area contributed by atoms with Crippen molar-refractivity contribution in [3.8, 4) is 0 Å². The maximum absolute atomic E-state index is 4.58. The van der Waals surface area contributed by atoms with Crippen LogP contribution in [0.4, 0.5) is 0 Å². The van der Waals surface area contributed by atoms with E-state index in [1.54, 1.807) is 0 Å². The molecule has 0 atom stereocenters. The molecule has 1 aliphatic carbocycles. The number of halogens is 1. The van der Waals surface area contributed by atoms with Crippen LogP contribution in [-0.4, -0.2) is 22.9 Å². The quantitative estimate of drug-likeness (QED) is 0.905. The lowest BCUT2D eigenvalue weighted by molar-refractivity contribution is 0.309. The first-order valence-electron chi connectivity index (χ1n) is 6.30. The average molecular weight is 284 g/mol. The molecule has 2 fully saturated rings. The maximum atomic E-state index is 4.58. The molecule has 0 amide bonds. The minimum absolute atomic E-state index is 0.614. The Bertz CT molecular complexity index is 364. The number of piperidine rings is 1. The highest BCUT2D eigenvalue weighted by Crippen LogP contribution is 2.41. The van der Waals surface area contributed by atoms with Crippen LogP contribution in [0, 0.1) is 0 Å². The van der Waals surface area contributed by atoms with Crippen LogP contribution < -0.4 is 5.32 Å². The summed E-state index contributed by atoms with van der Waals surface area (Å²) in [6.45, 7) is 2.26. The molecule has 1 aromatic heterocycles. The van der Waals surface area contributed by atoms with E-state index in [4.69, 9.17) is 0 Å². The molecule has 1 saturated heterocycles.